The van der Waals surface area contributed by atoms with E-state index in [0.29, 0.717) is 17.9 Å². The van der Waals surface area contributed by atoms with Crippen LogP contribution in [0.15, 0.2) is 42.5 Å². The van der Waals surface area contributed by atoms with Crippen LogP contribution in [0.2, 0.25) is 5.02 Å². The molecule has 90 valence electrons. The zero-order valence-electron chi connectivity index (χ0n) is 9.36. The fourth-order valence-corrected chi connectivity index (χ4v) is 1.65. The Kier molecular flexibility index (Phi) is 3.81. The Labute approximate surface area is 109 Å². The normalized spacial score (nSPS) is 9.83. The molecule has 0 bridgehead atoms. The molecule has 0 aromatic heterocycles. The molecule has 0 spiro atoms. The van der Waals surface area contributed by atoms with Gasteiger partial charge in [-0.2, -0.15) is 5.26 Å². The minimum atomic E-state index is -0.397. The van der Waals surface area contributed by atoms with Gasteiger partial charge in [-0.15, -0.1) is 0 Å². The molecule has 0 radical (unpaired) electrons. The van der Waals surface area contributed by atoms with Gasteiger partial charge in [-0.05, 0) is 35.9 Å². The molecule has 0 saturated carbocycles. The summed E-state index contributed by atoms with van der Waals surface area (Å²) < 4.78 is 18.3. The van der Waals surface area contributed by atoms with Gasteiger partial charge in [-0.3, -0.25) is 0 Å². The third-order valence-corrected chi connectivity index (χ3v) is 2.67. The molecular formula is C14H9ClFNO. The molecule has 0 unspecified atom stereocenters. The zero-order valence-corrected chi connectivity index (χ0v) is 10.1. The second-order valence-electron chi connectivity index (χ2n) is 3.67. The minimum absolute atomic E-state index is 0.239. The predicted molar refractivity (Wildman–Crippen MR) is 66.9 cm³/mol. The highest BCUT2D eigenvalue weighted by molar-refractivity contribution is 6.32. The first-order chi connectivity index (χ1) is 8.69. The molecule has 0 heterocycles. The van der Waals surface area contributed by atoms with Crippen LogP contribution in [0, 0.1) is 17.1 Å². The van der Waals surface area contributed by atoms with Gasteiger partial charge in [0.1, 0.15) is 18.2 Å². The number of nitriles is 1. The Morgan fingerprint density at radius 2 is 1.89 bits per heavy atom. The van der Waals surface area contributed by atoms with Crippen molar-refractivity contribution >= 4 is 11.6 Å². The summed E-state index contributed by atoms with van der Waals surface area (Å²) in [5, 5.41) is 8.90. The lowest BCUT2D eigenvalue weighted by molar-refractivity contribution is 0.306. The van der Waals surface area contributed by atoms with Crippen LogP contribution in [-0.2, 0) is 6.61 Å². The van der Waals surface area contributed by atoms with Crippen molar-refractivity contribution in [3.05, 3.63) is 64.4 Å². The monoisotopic (exact) mass is 261 g/mol. The lowest BCUT2D eigenvalue weighted by Gasteiger charge is -2.08. The van der Waals surface area contributed by atoms with Crippen LogP contribution in [0.4, 0.5) is 4.39 Å². The molecule has 0 aliphatic heterocycles. The average Bonchev–Trinajstić information content (AvgIpc) is 2.38. The summed E-state index contributed by atoms with van der Waals surface area (Å²) in [6.07, 6.45) is 0. The van der Waals surface area contributed by atoms with E-state index in [2.05, 4.69) is 0 Å². The third-order valence-electron chi connectivity index (χ3n) is 2.37. The number of nitrogens with zero attached hydrogens (tertiary/aromatic N) is 1. The van der Waals surface area contributed by atoms with Crippen molar-refractivity contribution in [1.82, 2.24) is 0 Å². The van der Waals surface area contributed by atoms with Crippen LogP contribution in [0.25, 0.3) is 0 Å². The van der Waals surface area contributed by atoms with Crippen LogP contribution in [-0.4, -0.2) is 0 Å². The molecule has 0 aliphatic carbocycles. The Hall–Kier alpha value is -2.05. The Morgan fingerprint density at radius 1 is 1.17 bits per heavy atom. The molecule has 2 nitrogen and oxygen atoms in total. The second kappa shape index (κ2) is 5.52. The van der Waals surface area contributed by atoms with Gasteiger partial charge in [0.15, 0.2) is 0 Å². The molecule has 0 saturated heterocycles. The van der Waals surface area contributed by atoms with E-state index in [-0.39, 0.29) is 5.02 Å². The van der Waals surface area contributed by atoms with Crippen molar-refractivity contribution in [2.24, 2.45) is 0 Å². The summed E-state index contributed by atoms with van der Waals surface area (Å²) in [4.78, 5) is 0. The largest absolute Gasteiger partial charge is 0.487 e. The van der Waals surface area contributed by atoms with E-state index in [4.69, 9.17) is 21.6 Å². The van der Waals surface area contributed by atoms with Gasteiger partial charge in [0.05, 0.1) is 16.7 Å². The van der Waals surface area contributed by atoms with E-state index in [9.17, 15) is 4.39 Å². The van der Waals surface area contributed by atoms with Crippen molar-refractivity contribution in [1.29, 1.82) is 5.26 Å². The topological polar surface area (TPSA) is 33.0 Å². The summed E-state index contributed by atoms with van der Waals surface area (Å²) in [7, 11) is 0. The summed E-state index contributed by atoms with van der Waals surface area (Å²) in [5.74, 6) is 0.0353. The van der Waals surface area contributed by atoms with Gasteiger partial charge in [-0.25, -0.2) is 4.39 Å². The standard InChI is InChI=1S/C14H9ClFNO/c15-13-7-12(16)5-6-14(13)18-9-11-3-1-10(8-17)2-4-11/h1-7H,9H2. The average molecular weight is 262 g/mol. The maximum Gasteiger partial charge on any atom is 0.138 e. The van der Waals surface area contributed by atoms with Crippen molar-refractivity contribution in [3.8, 4) is 11.8 Å². The Balaban J connectivity index is 2.04. The molecule has 4 heteroatoms. The number of halogens is 2. The molecule has 2 aromatic carbocycles. The second-order valence-corrected chi connectivity index (χ2v) is 4.08. The molecule has 2 rings (SSSR count). The zero-order chi connectivity index (χ0) is 13.0. The highest BCUT2D eigenvalue weighted by Gasteiger charge is 2.03. The van der Waals surface area contributed by atoms with E-state index in [1.165, 1.54) is 18.2 Å². The van der Waals surface area contributed by atoms with Gasteiger partial charge in [0.2, 0.25) is 0 Å². The third kappa shape index (κ3) is 2.99. The van der Waals surface area contributed by atoms with Gasteiger partial charge in [0.25, 0.3) is 0 Å². The molecule has 0 amide bonds. The summed E-state index contributed by atoms with van der Waals surface area (Å²) in [6.45, 7) is 0.317. The van der Waals surface area contributed by atoms with E-state index < -0.39 is 5.82 Å². The lowest BCUT2D eigenvalue weighted by Crippen LogP contribution is -1.96. The van der Waals surface area contributed by atoms with Crippen molar-refractivity contribution in [2.45, 2.75) is 6.61 Å². The number of rotatable bonds is 3. The molecule has 2 aromatic rings. The summed E-state index contributed by atoms with van der Waals surface area (Å²) in [5.41, 5.74) is 1.51. The maximum atomic E-state index is 12.8. The van der Waals surface area contributed by atoms with Crippen LogP contribution < -0.4 is 4.74 Å². The Bertz CT molecular complexity index is 590. The van der Waals surface area contributed by atoms with Gasteiger partial charge >= 0.3 is 0 Å². The van der Waals surface area contributed by atoms with Crippen molar-refractivity contribution in [2.75, 3.05) is 0 Å². The number of benzene rings is 2. The smallest absolute Gasteiger partial charge is 0.138 e. The van der Waals surface area contributed by atoms with Crippen LogP contribution in [0.1, 0.15) is 11.1 Å². The van der Waals surface area contributed by atoms with E-state index >= 15 is 0 Å². The minimum Gasteiger partial charge on any atom is -0.487 e. The number of ether oxygens (including phenoxy) is 1. The van der Waals surface area contributed by atoms with Crippen LogP contribution >= 0.6 is 11.6 Å². The molecular weight excluding hydrogens is 253 g/mol. The molecule has 0 N–H and O–H groups in total. The quantitative estimate of drug-likeness (QED) is 0.839. The Morgan fingerprint density at radius 3 is 2.50 bits per heavy atom. The lowest BCUT2D eigenvalue weighted by atomic mass is 10.2. The van der Waals surface area contributed by atoms with Crippen LogP contribution in [0.3, 0.4) is 0 Å². The molecule has 0 aliphatic rings. The van der Waals surface area contributed by atoms with Gasteiger partial charge < -0.3 is 4.74 Å². The highest BCUT2D eigenvalue weighted by Crippen LogP contribution is 2.25. The van der Waals surface area contributed by atoms with Gasteiger partial charge in [-0.1, -0.05) is 23.7 Å². The first-order valence-electron chi connectivity index (χ1n) is 5.26. The summed E-state index contributed by atoms with van der Waals surface area (Å²) >= 11 is 5.84. The summed E-state index contributed by atoms with van der Waals surface area (Å²) in [6, 6.07) is 13.1. The molecule has 0 fully saturated rings. The fraction of sp³-hybridized carbons (Fsp3) is 0.0714. The number of hydrogen-bond acceptors (Lipinski definition) is 2. The predicted octanol–water partition coefficient (Wildman–Crippen LogP) is 3.93. The molecule has 0 atom stereocenters. The van der Waals surface area contributed by atoms with Crippen molar-refractivity contribution < 1.29 is 9.13 Å². The van der Waals surface area contributed by atoms with Gasteiger partial charge in [0, 0.05) is 0 Å². The SMILES string of the molecule is N#Cc1ccc(COc2ccc(F)cc2Cl)cc1. The molecule has 18 heavy (non-hydrogen) atoms. The highest BCUT2D eigenvalue weighted by atomic mass is 35.5. The maximum absolute atomic E-state index is 12.8. The number of hydrogen-bond donors (Lipinski definition) is 0. The van der Waals surface area contributed by atoms with E-state index in [0.717, 1.165) is 5.56 Å². The van der Waals surface area contributed by atoms with E-state index in [1.54, 1.807) is 24.3 Å². The first kappa shape index (κ1) is 12.4. The van der Waals surface area contributed by atoms with Crippen molar-refractivity contribution in [3.63, 3.8) is 0 Å². The van der Waals surface area contributed by atoms with E-state index in [1.807, 2.05) is 6.07 Å². The fourth-order valence-electron chi connectivity index (χ4n) is 1.43. The van der Waals surface area contributed by atoms with Crippen LogP contribution in [0.5, 0.6) is 5.75 Å². The first-order valence-corrected chi connectivity index (χ1v) is 5.64.